The summed E-state index contributed by atoms with van der Waals surface area (Å²) in [6, 6.07) is 11.4. The molecule has 27 heavy (non-hydrogen) atoms. The van der Waals surface area contributed by atoms with E-state index in [-0.39, 0.29) is 22.0 Å². The number of hydrogen-bond acceptors (Lipinski definition) is 6. The normalized spacial score (nSPS) is 12.3. The Bertz CT molecular complexity index is 1210. The number of para-hydroxylation sites is 1. The van der Waals surface area contributed by atoms with Crippen molar-refractivity contribution in [3.05, 3.63) is 58.4 Å². The third-order valence-corrected chi connectivity index (χ3v) is 5.85. The number of pyridine rings is 1. The minimum absolute atomic E-state index is 0.0343. The Morgan fingerprint density at radius 2 is 1.78 bits per heavy atom. The molecule has 3 aromatic rings. The van der Waals surface area contributed by atoms with Gasteiger partial charge in [0, 0.05) is 19.5 Å². The first-order chi connectivity index (χ1) is 12.7. The van der Waals surface area contributed by atoms with Gasteiger partial charge in [-0.25, -0.2) is 12.7 Å². The van der Waals surface area contributed by atoms with E-state index in [9.17, 15) is 18.3 Å². The fraction of sp³-hybridized carbons (Fsp3) is 0.167. The van der Waals surface area contributed by atoms with Crippen LogP contribution in [0.2, 0.25) is 0 Å². The van der Waals surface area contributed by atoms with Crippen molar-refractivity contribution in [2.24, 2.45) is 10.2 Å². The van der Waals surface area contributed by atoms with E-state index in [1.807, 2.05) is 0 Å². The van der Waals surface area contributed by atoms with Crippen molar-refractivity contribution in [3.8, 4) is 5.75 Å². The van der Waals surface area contributed by atoms with Crippen LogP contribution in [0.15, 0.2) is 62.4 Å². The monoisotopic (exact) mass is 386 g/mol. The lowest BCUT2D eigenvalue weighted by molar-refractivity contribution is 0.481. The zero-order valence-electron chi connectivity index (χ0n) is 15.0. The molecule has 0 aliphatic rings. The number of azo groups is 1. The number of nitrogens with one attached hydrogen (secondary N) is 1. The maximum absolute atomic E-state index is 12.5. The second-order valence-corrected chi connectivity index (χ2v) is 8.28. The largest absolute Gasteiger partial charge is 0.505 e. The molecule has 3 rings (SSSR count). The number of aromatic amines is 1. The van der Waals surface area contributed by atoms with Crippen LogP contribution >= 0.6 is 0 Å². The predicted octanol–water partition coefficient (Wildman–Crippen LogP) is 3.21. The quantitative estimate of drug-likeness (QED) is 0.670. The molecule has 140 valence electrons. The van der Waals surface area contributed by atoms with Crippen molar-refractivity contribution in [2.45, 2.75) is 11.8 Å². The number of aromatic hydroxyl groups is 1. The fourth-order valence-electron chi connectivity index (χ4n) is 2.52. The predicted molar refractivity (Wildman–Crippen MR) is 102 cm³/mol. The maximum Gasteiger partial charge on any atom is 0.280 e. The Balaban J connectivity index is 2.16. The van der Waals surface area contributed by atoms with Gasteiger partial charge in [0.15, 0.2) is 11.4 Å². The molecule has 0 aliphatic heterocycles. The van der Waals surface area contributed by atoms with Crippen LogP contribution in [0.1, 0.15) is 5.56 Å². The number of H-pyrrole nitrogens is 1. The molecule has 0 bridgehead atoms. The van der Waals surface area contributed by atoms with Gasteiger partial charge in [0.25, 0.3) is 5.56 Å². The molecule has 0 amide bonds. The third kappa shape index (κ3) is 3.46. The highest BCUT2D eigenvalue weighted by Crippen LogP contribution is 2.33. The van der Waals surface area contributed by atoms with Gasteiger partial charge >= 0.3 is 0 Å². The number of benzene rings is 2. The summed E-state index contributed by atoms with van der Waals surface area (Å²) < 4.78 is 26.1. The Kier molecular flexibility index (Phi) is 4.81. The first-order valence-corrected chi connectivity index (χ1v) is 9.44. The van der Waals surface area contributed by atoms with Crippen molar-refractivity contribution < 1.29 is 13.5 Å². The summed E-state index contributed by atoms with van der Waals surface area (Å²) in [5.74, 6) is -0.317. The average Bonchev–Trinajstić information content (AvgIpc) is 2.62. The molecule has 1 heterocycles. The number of sulfonamides is 1. The van der Waals surface area contributed by atoms with Crippen LogP contribution in [0.4, 0.5) is 11.4 Å². The van der Waals surface area contributed by atoms with Crippen LogP contribution in [0, 0.1) is 6.92 Å². The number of fused-ring (bicyclic) bond motifs is 1. The molecule has 0 spiro atoms. The van der Waals surface area contributed by atoms with Gasteiger partial charge in [-0.15, -0.1) is 10.2 Å². The molecule has 9 heteroatoms. The molecule has 0 unspecified atom stereocenters. The van der Waals surface area contributed by atoms with Gasteiger partial charge < -0.3 is 10.1 Å². The third-order valence-electron chi connectivity index (χ3n) is 4.00. The molecule has 8 nitrogen and oxygen atoms in total. The van der Waals surface area contributed by atoms with Gasteiger partial charge in [-0.1, -0.05) is 18.2 Å². The molecule has 0 saturated carbocycles. The summed E-state index contributed by atoms with van der Waals surface area (Å²) in [6.07, 6.45) is 0. The zero-order valence-corrected chi connectivity index (χ0v) is 15.8. The second-order valence-electron chi connectivity index (χ2n) is 6.16. The highest BCUT2D eigenvalue weighted by atomic mass is 32.2. The summed E-state index contributed by atoms with van der Waals surface area (Å²) in [6.45, 7) is 1.76. The lowest BCUT2D eigenvalue weighted by Crippen LogP contribution is -2.22. The highest BCUT2D eigenvalue weighted by Gasteiger charge is 2.22. The maximum atomic E-state index is 12.5. The van der Waals surface area contributed by atoms with Crippen LogP contribution in [0.25, 0.3) is 10.9 Å². The van der Waals surface area contributed by atoms with Gasteiger partial charge in [0.2, 0.25) is 10.0 Å². The molecule has 0 saturated heterocycles. The lowest BCUT2D eigenvalue weighted by Gasteiger charge is -2.13. The Hall–Kier alpha value is -3.04. The van der Waals surface area contributed by atoms with Gasteiger partial charge in [-0.2, -0.15) is 0 Å². The van der Waals surface area contributed by atoms with E-state index >= 15 is 0 Å². The van der Waals surface area contributed by atoms with Crippen molar-refractivity contribution >= 4 is 32.3 Å². The first kappa shape index (κ1) is 18.7. The molecule has 0 radical (unpaired) electrons. The molecule has 0 fully saturated rings. The molecule has 2 N–H and O–H groups in total. The van der Waals surface area contributed by atoms with E-state index in [4.69, 9.17) is 0 Å². The molecule has 0 aliphatic carbocycles. The SMILES string of the molecule is Cc1ccc(N=Nc2c(O)c3ccccc3[nH]c2=O)c(S(=O)(=O)N(C)C)c1. The fourth-order valence-corrected chi connectivity index (χ4v) is 3.62. The van der Waals surface area contributed by atoms with Crippen molar-refractivity contribution in [2.75, 3.05) is 14.1 Å². The van der Waals surface area contributed by atoms with Gasteiger partial charge in [0.05, 0.1) is 5.52 Å². The van der Waals surface area contributed by atoms with E-state index in [0.29, 0.717) is 10.9 Å². The van der Waals surface area contributed by atoms with Gasteiger partial charge in [-0.3, -0.25) is 4.79 Å². The second kappa shape index (κ2) is 6.93. The van der Waals surface area contributed by atoms with Crippen LogP contribution in [-0.2, 0) is 10.0 Å². The number of aromatic nitrogens is 1. The molecule has 2 aromatic carbocycles. The number of hydrogen-bond donors (Lipinski definition) is 2. The number of nitrogens with zero attached hydrogens (tertiary/aromatic N) is 3. The van der Waals surface area contributed by atoms with Crippen molar-refractivity contribution in [3.63, 3.8) is 0 Å². The number of aryl methyl sites for hydroxylation is 1. The van der Waals surface area contributed by atoms with Crippen LogP contribution < -0.4 is 5.56 Å². The van der Waals surface area contributed by atoms with Crippen molar-refractivity contribution in [1.82, 2.24) is 9.29 Å². The van der Waals surface area contributed by atoms with E-state index < -0.39 is 15.6 Å². The van der Waals surface area contributed by atoms with Crippen molar-refractivity contribution in [1.29, 1.82) is 0 Å². The van der Waals surface area contributed by atoms with E-state index in [2.05, 4.69) is 15.2 Å². The zero-order chi connectivity index (χ0) is 19.8. The highest BCUT2D eigenvalue weighted by molar-refractivity contribution is 7.89. The Morgan fingerprint density at radius 3 is 2.48 bits per heavy atom. The van der Waals surface area contributed by atoms with Crippen LogP contribution in [0.3, 0.4) is 0 Å². The molecule has 0 atom stereocenters. The lowest BCUT2D eigenvalue weighted by atomic mass is 10.2. The topological polar surface area (TPSA) is 115 Å². The summed E-state index contributed by atoms with van der Waals surface area (Å²) in [4.78, 5) is 14.8. The summed E-state index contributed by atoms with van der Waals surface area (Å²) in [5, 5.41) is 18.6. The van der Waals surface area contributed by atoms with Gasteiger partial charge in [-0.05, 0) is 36.8 Å². The number of rotatable bonds is 4. The van der Waals surface area contributed by atoms with Crippen LogP contribution in [-0.4, -0.2) is 36.9 Å². The summed E-state index contributed by atoms with van der Waals surface area (Å²) in [5.41, 5.74) is 0.355. The molecular weight excluding hydrogens is 368 g/mol. The van der Waals surface area contributed by atoms with Crippen LogP contribution in [0.5, 0.6) is 5.75 Å². The summed E-state index contributed by atoms with van der Waals surface area (Å²) >= 11 is 0. The molecule has 1 aromatic heterocycles. The van der Waals surface area contributed by atoms with E-state index in [1.165, 1.54) is 26.2 Å². The smallest absolute Gasteiger partial charge is 0.280 e. The standard InChI is InChI=1S/C18H18N4O4S/c1-11-8-9-14(15(10-11)27(25,26)22(2)3)20-21-16-17(23)12-6-4-5-7-13(12)19-18(16)24/h4-10H,1-3H3,(H2,19,23,24). The van der Waals surface area contributed by atoms with E-state index in [0.717, 1.165) is 9.87 Å². The molecular formula is C18H18N4O4S. The minimum atomic E-state index is -3.76. The minimum Gasteiger partial charge on any atom is -0.505 e. The van der Waals surface area contributed by atoms with Gasteiger partial charge in [0.1, 0.15) is 10.6 Å². The van der Waals surface area contributed by atoms with E-state index in [1.54, 1.807) is 37.3 Å². The Morgan fingerprint density at radius 1 is 1.07 bits per heavy atom. The Labute approximate surface area is 155 Å². The summed E-state index contributed by atoms with van der Waals surface area (Å²) in [7, 11) is -0.928. The average molecular weight is 386 g/mol. The first-order valence-electron chi connectivity index (χ1n) is 8.00.